The van der Waals surface area contributed by atoms with Gasteiger partial charge in [0.2, 0.25) is 5.91 Å². The molecule has 0 saturated carbocycles. The highest BCUT2D eigenvalue weighted by Gasteiger charge is 2.26. The molecule has 2 amide bonds. The second-order valence-corrected chi connectivity index (χ2v) is 5.34. The number of hydrogen-bond donors (Lipinski definition) is 2. The largest absolute Gasteiger partial charge is 0.352 e. The molecular formula is C16H23N3O2. The van der Waals surface area contributed by atoms with Crippen LogP contribution >= 0.6 is 0 Å². The lowest BCUT2D eigenvalue weighted by atomic mass is 10.2. The van der Waals surface area contributed by atoms with Crippen LogP contribution in [0.25, 0.3) is 0 Å². The Morgan fingerprint density at radius 3 is 2.76 bits per heavy atom. The number of hydrogen-bond acceptors (Lipinski definition) is 3. The van der Waals surface area contributed by atoms with Crippen LogP contribution in [-0.4, -0.2) is 42.4 Å². The van der Waals surface area contributed by atoms with E-state index in [1.807, 2.05) is 23.1 Å². The average molecular weight is 289 g/mol. The molecule has 1 heterocycles. The van der Waals surface area contributed by atoms with Gasteiger partial charge in [0.15, 0.2) is 0 Å². The highest BCUT2D eigenvalue weighted by Crippen LogP contribution is 2.17. The summed E-state index contributed by atoms with van der Waals surface area (Å²) in [6.45, 7) is 1.87. The summed E-state index contributed by atoms with van der Waals surface area (Å²) in [6, 6.07) is 9.29. The second kappa shape index (κ2) is 7.78. The van der Waals surface area contributed by atoms with E-state index in [9.17, 15) is 9.59 Å². The Morgan fingerprint density at radius 2 is 2.05 bits per heavy atom. The van der Waals surface area contributed by atoms with Gasteiger partial charge in [0.1, 0.15) is 0 Å². The van der Waals surface area contributed by atoms with E-state index in [2.05, 4.69) is 5.32 Å². The van der Waals surface area contributed by atoms with Gasteiger partial charge in [-0.25, -0.2) is 0 Å². The van der Waals surface area contributed by atoms with Crippen LogP contribution in [0.2, 0.25) is 0 Å². The first-order chi connectivity index (χ1) is 10.2. The third-order valence-corrected chi connectivity index (χ3v) is 3.86. The minimum atomic E-state index is -0.0935. The number of carbonyl (C=O) groups excluding carboxylic acids is 2. The van der Waals surface area contributed by atoms with Gasteiger partial charge in [-0.2, -0.15) is 0 Å². The Hall–Kier alpha value is -1.88. The summed E-state index contributed by atoms with van der Waals surface area (Å²) >= 11 is 0. The first-order valence-electron chi connectivity index (χ1n) is 7.55. The molecule has 1 aromatic rings. The Bertz CT molecular complexity index is 476. The molecule has 21 heavy (non-hydrogen) atoms. The van der Waals surface area contributed by atoms with Crippen LogP contribution in [0, 0.1) is 0 Å². The van der Waals surface area contributed by atoms with Gasteiger partial charge < -0.3 is 16.0 Å². The maximum atomic E-state index is 12.1. The normalized spacial score (nSPS) is 17.8. The molecule has 0 aliphatic carbocycles. The van der Waals surface area contributed by atoms with Gasteiger partial charge in [-0.05, 0) is 31.4 Å². The van der Waals surface area contributed by atoms with Crippen LogP contribution < -0.4 is 11.1 Å². The molecule has 1 fully saturated rings. The Kier molecular flexibility index (Phi) is 5.75. The van der Waals surface area contributed by atoms with E-state index in [0.29, 0.717) is 31.5 Å². The summed E-state index contributed by atoms with van der Waals surface area (Å²) in [5.41, 5.74) is 6.32. The fraction of sp³-hybridized carbons (Fsp3) is 0.500. The molecule has 5 nitrogen and oxygen atoms in total. The number of nitrogens with zero attached hydrogens (tertiary/aromatic N) is 1. The monoisotopic (exact) mass is 289 g/mol. The molecule has 1 unspecified atom stereocenters. The Morgan fingerprint density at radius 1 is 1.29 bits per heavy atom. The van der Waals surface area contributed by atoms with Gasteiger partial charge in [0.05, 0.1) is 0 Å². The van der Waals surface area contributed by atoms with Crippen molar-refractivity contribution in [2.45, 2.75) is 31.7 Å². The van der Waals surface area contributed by atoms with E-state index in [4.69, 9.17) is 5.73 Å². The van der Waals surface area contributed by atoms with Crippen molar-refractivity contribution in [1.82, 2.24) is 10.2 Å². The summed E-state index contributed by atoms with van der Waals surface area (Å²) in [7, 11) is 0. The molecule has 1 atom stereocenters. The third kappa shape index (κ3) is 4.29. The second-order valence-electron chi connectivity index (χ2n) is 5.34. The first kappa shape index (κ1) is 15.5. The van der Waals surface area contributed by atoms with Crippen LogP contribution in [0.4, 0.5) is 0 Å². The minimum absolute atomic E-state index is 0.0935. The maximum absolute atomic E-state index is 12.1. The summed E-state index contributed by atoms with van der Waals surface area (Å²) < 4.78 is 0. The van der Waals surface area contributed by atoms with E-state index in [1.165, 1.54) is 0 Å². The van der Waals surface area contributed by atoms with Crippen molar-refractivity contribution in [2.24, 2.45) is 5.73 Å². The predicted molar refractivity (Wildman–Crippen MR) is 81.8 cm³/mol. The highest BCUT2D eigenvalue weighted by atomic mass is 16.2. The summed E-state index contributed by atoms with van der Waals surface area (Å²) in [6.07, 6.45) is 3.17. The zero-order chi connectivity index (χ0) is 15.1. The number of rotatable bonds is 6. The number of carbonyl (C=O) groups is 2. The molecule has 0 spiro atoms. The van der Waals surface area contributed by atoms with Crippen molar-refractivity contribution in [3.63, 3.8) is 0 Å². The zero-order valence-corrected chi connectivity index (χ0v) is 12.3. The molecule has 0 radical (unpaired) electrons. The number of benzene rings is 1. The van der Waals surface area contributed by atoms with Crippen molar-refractivity contribution in [3.8, 4) is 0 Å². The lowest BCUT2D eigenvalue weighted by Gasteiger charge is -2.23. The van der Waals surface area contributed by atoms with Crippen molar-refractivity contribution in [1.29, 1.82) is 0 Å². The van der Waals surface area contributed by atoms with Crippen LogP contribution in [0.15, 0.2) is 30.3 Å². The average Bonchev–Trinajstić information content (AvgIpc) is 3.00. The smallest absolute Gasteiger partial charge is 0.251 e. The van der Waals surface area contributed by atoms with Crippen molar-refractivity contribution in [3.05, 3.63) is 35.9 Å². The zero-order valence-electron chi connectivity index (χ0n) is 12.3. The number of likely N-dealkylation sites (tertiary alicyclic amines) is 1. The number of nitrogens with one attached hydrogen (secondary N) is 1. The van der Waals surface area contributed by atoms with Crippen LogP contribution in [0.3, 0.4) is 0 Å². The topological polar surface area (TPSA) is 75.4 Å². The predicted octanol–water partition coefficient (Wildman–Crippen LogP) is 1.15. The fourth-order valence-electron chi connectivity index (χ4n) is 2.69. The number of amides is 2. The molecule has 0 bridgehead atoms. The van der Waals surface area contributed by atoms with Crippen molar-refractivity contribution < 1.29 is 9.59 Å². The van der Waals surface area contributed by atoms with Gasteiger partial charge in [-0.15, -0.1) is 0 Å². The highest BCUT2D eigenvalue weighted by molar-refractivity contribution is 5.94. The van der Waals surface area contributed by atoms with Gasteiger partial charge in [0, 0.05) is 37.7 Å². The van der Waals surface area contributed by atoms with E-state index in [-0.39, 0.29) is 17.9 Å². The Balaban J connectivity index is 1.68. The molecule has 0 aromatic heterocycles. The summed E-state index contributed by atoms with van der Waals surface area (Å²) in [5.74, 6) is 0.0565. The van der Waals surface area contributed by atoms with E-state index in [0.717, 1.165) is 19.4 Å². The molecule has 1 aromatic carbocycles. The fourth-order valence-corrected chi connectivity index (χ4v) is 2.69. The van der Waals surface area contributed by atoms with Crippen molar-refractivity contribution >= 4 is 11.8 Å². The standard InChI is InChI=1S/C16H23N3O2/c17-12-14-8-5-11-19(14)15(20)9-4-10-18-16(21)13-6-2-1-3-7-13/h1-3,6-7,14H,4-5,8-12,17H2,(H,18,21). The molecule has 2 rings (SSSR count). The molecular weight excluding hydrogens is 266 g/mol. The van der Waals surface area contributed by atoms with Gasteiger partial charge >= 0.3 is 0 Å². The lowest BCUT2D eigenvalue weighted by Crippen LogP contribution is -2.40. The SMILES string of the molecule is NCC1CCCN1C(=O)CCCNC(=O)c1ccccc1. The van der Waals surface area contributed by atoms with E-state index in [1.54, 1.807) is 12.1 Å². The molecule has 1 aliphatic rings. The van der Waals surface area contributed by atoms with Crippen molar-refractivity contribution in [2.75, 3.05) is 19.6 Å². The van der Waals surface area contributed by atoms with Crippen LogP contribution in [0.5, 0.6) is 0 Å². The maximum Gasteiger partial charge on any atom is 0.251 e. The van der Waals surface area contributed by atoms with Gasteiger partial charge in [-0.3, -0.25) is 9.59 Å². The lowest BCUT2D eigenvalue weighted by molar-refractivity contribution is -0.131. The molecule has 5 heteroatoms. The molecule has 1 aliphatic heterocycles. The molecule has 1 saturated heterocycles. The van der Waals surface area contributed by atoms with Gasteiger partial charge in [0.25, 0.3) is 5.91 Å². The quantitative estimate of drug-likeness (QED) is 0.771. The molecule has 3 N–H and O–H groups in total. The van der Waals surface area contributed by atoms with Crippen LogP contribution in [-0.2, 0) is 4.79 Å². The van der Waals surface area contributed by atoms with E-state index >= 15 is 0 Å². The minimum Gasteiger partial charge on any atom is -0.352 e. The number of nitrogens with two attached hydrogens (primary N) is 1. The van der Waals surface area contributed by atoms with Crippen LogP contribution in [0.1, 0.15) is 36.0 Å². The summed E-state index contributed by atoms with van der Waals surface area (Å²) in [5, 5.41) is 2.84. The van der Waals surface area contributed by atoms with E-state index < -0.39 is 0 Å². The van der Waals surface area contributed by atoms with Gasteiger partial charge in [-0.1, -0.05) is 18.2 Å². The third-order valence-electron chi connectivity index (χ3n) is 3.86. The first-order valence-corrected chi connectivity index (χ1v) is 7.55. The Labute approximate surface area is 125 Å². The summed E-state index contributed by atoms with van der Waals surface area (Å²) in [4.78, 5) is 25.8. The molecule has 114 valence electrons.